The average Bonchev–Trinajstić information content (AvgIpc) is 2.80. The summed E-state index contributed by atoms with van der Waals surface area (Å²) in [5, 5.41) is 3.59. The standard InChI is InChI=1S/C27H30F4N2O/c1-18(24-11-6-9-21-8-3-4-13-26(21,24)2)32-16-20-12-14-33(25(34)27(29,30)31)17-23(20)19-7-5-10-22(28)15-19/h3-11,13,15,18,20-21,23,32H,12,14,16-17H2,1-2H3/t18-,20?,21?,23?,26?/m1/s1. The third-order valence-corrected chi connectivity index (χ3v) is 7.50. The first-order chi connectivity index (χ1) is 16.1. The second kappa shape index (κ2) is 9.53. The minimum absolute atomic E-state index is 0.0314. The number of rotatable bonds is 5. The van der Waals surface area contributed by atoms with Crippen LogP contribution in [0.1, 0.15) is 31.7 Å². The second-order valence-electron chi connectivity index (χ2n) is 9.65. The van der Waals surface area contributed by atoms with Gasteiger partial charge in [0.2, 0.25) is 0 Å². The fraction of sp³-hybridized carbons (Fsp3) is 0.444. The molecule has 4 unspecified atom stereocenters. The topological polar surface area (TPSA) is 32.3 Å². The van der Waals surface area contributed by atoms with E-state index in [4.69, 9.17) is 0 Å². The molecular formula is C27H30F4N2O. The number of piperidine rings is 1. The second-order valence-corrected chi connectivity index (χ2v) is 9.65. The normalized spacial score (nSPS) is 29.5. The fourth-order valence-corrected chi connectivity index (χ4v) is 5.53. The summed E-state index contributed by atoms with van der Waals surface area (Å²) < 4.78 is 53.2. The van der Waals surface area contributed by atoms with E-state index in [1.165, 1.54) is 17.7 Å². The first kappa shape index (κ1) is 24.5. The largest absolute Gasteiger partial charge is 0.471 e. The van der Waals surface area contributed by atoms with Crippen molar-refractivity contribution in [1.29, 1.82) is 0 Å². The van der Waals surface area contributed by atoms with E-state index in [0.717, 1.165) is 4.90 Å². The molecule has 1 aromatic carbocycles. The van der Waals surface area contributed by atoms with Crippen molar-refractivity contribution in [2.75, 3.05) is 19.6 Å². The molecule has 4 rings (SSSR count). The van der Waals surface area contributed by atoms with Gasteiger partial charge in [-0.05, 0) is 49.1 Å². The first-order valence-electron chi connectivity index (χ1n) is 11.7. The molecule has 0 spiro atoms. The third-order valence-electron chi connectivity index (χ3n) is 7.50. The zero-order valence-corrected chi connectivity index (χ0v) is 19.4. The molecule has 1 saturated heterocycles. The van der Waals surface area contributed by atoms with Gasteiger partial charge in [0.15, 0.2) is 0 Å². The van der Waals surface area contributed by atoms with Crippen LogP contribution in [0.2, 0.25) is 0 Å². The van der Waals surface area contributed by atoms with Crippen molar-refractivity contribution in [1.82, 2.24) is 10.2 Å². The summed E-state index contributed by atoms with van der Waals surface area (Å²) in [6.45, 7) is 4.81. The van der Waals surface area contributed by atoms with E-state index in [2.05, 4.69) is 61.7 Å². The number of likely N-dealkylation sites (tertiary alicyclic amines) is 1. The smallest absolute Gasteiger partial charge is 0.334 e. The molecule has 1 fully saturated rings. The number of hydrogen-bond donors (Lipinski definition) is 1. The summed E-state index contributed by atoms with van der Waals surface area (Å²) in [6, 6.07) is 6.00. The molecule has 182 valence electrons. The number of fused-ring (bicyclic) bond motifs is 1. The molecule has 5 atom stereocenters. The minimum Gasteiger partial charge on any atom is -0.334 e. The van der Waals surface area contributed by atoms with Crippen LogP contribution in [-0.4, -0.2) is 42.7 Å². The SMILES string of the molecule is C[C@@H](NCC1CCN(C(=O)C(F)(F)F)CC1c1cccc(F)c1)C1=CC=CC2C=CC=CC12C. The lowest BCUT2D eigenvalue weighted by Gasteiger charge is -2.42. The zero-order valence-electron chi connectivity index (χ0n) is 19.4. The summed E-state index contributed by atoms with van der Waals surface area (Å²) in [5.74, 6) is -2.42. The summed E-state index contributed by atoms with van der Waals surface area (Å²) in [5.41, 5.74) is 1.72. The van der Waals surface area contributed by atoms with Crippen molar-refractivity contribution in [2.45, 2.75) is 38.4 Å². The van der Waals surface area contributed by atoms with E-state index < -0.39 is 23.8 Å². The van der Waals surface area contributed by atoms with Gasteiger partial charge in [-0.2, -0.15) is 13.2 Å². The molecule has 0 bridgehead atoms. The Morgan fingerprint density at radius 2 is 2.00 bits per heavy atom. The number of nitrogens with one attached hydrogen (secondary N) is 1. The van der Waals surface area contributed by atoms with E-state index in [1.807, 2.05) is 0 Å². The molecule has 3 aliphatic rings. The highest BCUT2D eigenvalue weighted by molar-refractivity contribution is 5.82. The molecular weight excluding hydrogens is 444 g/mol. The van der Waals surface area contributed by atoms with Crippen LogP contribution in [0, 0.1) is 23.1 Å². The van der Waals surface area contributed by atoms with E-state index in [9.17, 15) is 22.4 Å². The molecule has 1 heterocycles. The van der Waals surface area contributed by atoms with Gasteiger partial charge in [-0.25, -0.2) is 4.39 Å². The molecule has 1 amide bonds. The summed E-state index contributed by atoms with van der Waals surface area (Å²) >= 11 is 0. The Balaban J connectivity index is 1.50. The number of hydrogen-bond acceptors (Lipinski definition) is 2. The predicted octanol–water partition coefficient (Wildman–Crippen LogP) is 5.54. The van der Waals surface area contributed by atoms with Gasteiger partial charge in [0, 0.05) is 36.4 Å². The van der Waals surface area contributed by atoms with Gasteiger partial charge in [0.25, 0.3) is 0 Å². The Hall–Kier alpha value is -2.67. The maximum absolute atomic E-state index is 13.9. The van der Waals surface area contributed by atoms with E-state index in [-0.39, 0.29) is 36.4 Å². The lowest BCUT2D eigenvalue weighted by molar-refractivity contribution is -0.187. The predicted molar refractivity (Wildman–Crippen MR) is 124 cm³/mol. The number of amides is 1. The highest BCUT2D eigenvalue weighted by atomic mass is 19.4. The van der Waals surface area contributed by atoms with Crippen LogP contribution in [0.15, 0.2) is 72.4 Å². The fourth-order valence-electron chi connectivity index (χ4n) is 5.53. The van der Waals surface area contributed by atoms with Gasteiger partial charge in [-0.15, -0.1) is 0 Å². The molecule has 34 heavy (non-hydrogen) atoms. The molecule has 3 nitrogen and oxygen atoms in total. The molecule has 0 aromatic heterocycles. The Labute approximate surface area is 197 Å². The molecule has 1 aliphatic heterocycles. The van der Waals surface area contributed by atoms with Crippen LogP contribution in [0.4, 0.5) is 17.6 Å². The molecule has 1 aromatic rings. The monoisotopic (exact) mass is 474 g/mol. The molecule has 0 saturated carbocycles. The molecule has 7 heteroatoms. The van der Waals surface area contributed by atoms with Gasteiger partial charge in [0.05, 0.1) is 0 Å². The number of benzene rings is 1. The highest BCUT2D eigenvalue weighted by Crippen LogP contribution is 2.44. The van der Waals surface area contributed by atoms with Crippen molar-refractivity contribution < 1.29 is 22.4 Å². The number of carbonyl (C=O) groups is 1. The summed E-state index contributed by atoms with van der Waals surface area (Å²) in [7, 11) is 0. The Kier molecular flexibility index (Phi) is 6.85. The van der Waals surface area contributed by atoms with Crippen molar-refractivity contribution in [3.8, 4) is 0 Å². The van der Waals surface area contributed by atoms with Gasteiger partial charge in [0.1, 0.15) is 5.82 Å². The minimum atomic E-state index is -4.92. The van der Waals surface area contributed by atoms with Crippen molar-refractivity contribution in [3.05, 3.63) is 83.8 Å². The van der Waals surface area contributed by atoms with Crippen LogP contribution in [0.3, 0.4) is 0 Å². The van der Waals surface area contributed by atoms with Gasteiger partial charge < -0.3 is 10.2 Å². The number of nitrogens with zero attached hydrogens (tertiary/aromatic N) is 1. The summed E-state index contributed by atoms with van der Waals surface area (Å²) in [6.07, 6.45) is 10.4. The van der Waals surface area contributed by atoms with Crippen molar-refractivity contribution >= 4 is 5.91 Å². The van der Waals surface area contributed by atoms with E-state index in [1.54, 1.807) is 12.1 Å². The van der Waals surface area contributed by atoms with E-state index in [0.29, 0.717) is 18.5 Å². The zero-order chi connectivity index (χ0) is 24.5. The first-order valence-corrected chi connectivity index (χ1v) is 11.7. The maximum Gasteiger partial charge on any atom is 0.471 e. The van der Waals surface area contributed by atoms with Gasteiger partial charge in [-0.3, -0.25) is 4.79 Å². The Morgan fingerprint density at radius 1 is 1.24 bits per heavy atom. The number of halogens is 4. The van der Waals surface area contributed by atoms with Crippen LogP contribution >= 0.6 is 0 Å². The van der Waals surface area contributed by atoms with Crippen molar-refractivity contribution in [2.24, 2.45) is 17.3 Å². The van der Waals surface area contributed by atoms with Crippen molar-refractivity contribution in [3.63, 3.8) is 0 Å². The Bertz CT molecular complexity index is 1040. The quantitative estimate of drug-likeness (QED) is 0.568. The molecule has 0 radical (unpaired) electrons. The number of carbonyl (C=O) groups excluding carboxylic acids is 1. The Morgan fingerprint density at radius 3 is 2.74 bits per heavy atom. The van der Waals surface area contributed by atoms with Crippen LogP contribution < -0.4 is 5.32 Å². The van der Waals surface area contributed by atoms with Gasteiger partial charge in [-0.1, -0.05) is 61.6 Å². The van der Waals surface area contributed by atoms with E-state index >= 15 is 0 Å². The van der Waals surface area contributed by atoms with Crippen LogP contribution in [0.5, 0.6) is 0 Å². The van der Waals surface area contributed by atoms with Crippen LogP contribution in [0.25, 0.3) is 0 Å². The molecule has 1 N–H and O–H groups in total. The molecule has 2 aliphatic carbocycles. The highest BCUT2D eigenvalue weighted by Gasteiger charge is 2.45. The number of allylic oxidation sites excluding steroid dienone is 7. The average molecular weight is 475 g/mol. The third kappa shape index (κ3) is 4.90. The maximum atomic E-state index is 13.9. The number of alkyl halides is 3. The van der Waals surface area contributed by atoms with Crippen LogP contribution in [-0.2, 0) is 4.79 Å². The summed E-state index contributed by atoms with van der Waals surface area (Å²) in [4.78, 5) is 12.8. The lowest BCUT2D eigenvalue weighted by atomic mass is 9.65. The lowest BCUT2D eigenvalue weighted by Crippen LogP contribution is -2.50. The van der Waals surface area contributed by atoms with Gasteiger partial charge >= 0.3 is 12.1 Å².